The Kier molecular flexibility index (Phi) is 6.89. The summed E-state index contributed by atoms with van der Waals surface area (Å²) in [6.07, 6.45) is 12.8. The zero-order chi connectivity index (χ0) is 22.9. The molecule has 1 fully saturated rings. The first-order valence-corrected chi connectivity index (χ1v) is 13.1. The number of aryl methyl sites for hydroxylation is 1. The van der Waals surface area contributed by atoms with Gasteiger partial charge in [0.1, 0.15) is 5.00 Å². The Balaban J connectivity index is 1.66. The van der Waals surface area contributed by atoms with Gasteiger partial charge in [0.05, 0.1) is 11.8 Å². The molecule has 2 aromatic rings. The minimum absolute atomic E-state index is 0.0803. The van der Waals surface area contributed by atoms with E-state index in [-0.39, 0.29) is 11.3 Å². The molecule has 2 aliphatic rings. The van der Waals surface area contributed by atoms with Crippen LogP contribution in [0.1, 0.15) is 98.3 Å². The molecule has 1 N–H and O–H groups in total. The van der Waals surface area contributed by atoms with Gasteiger partial charge < -0.3 is 5.32 Å². The number of rotatable bonds is 5. The minimum atomic E-state index is 0.0803. The van der Waals surface area contributed by atoms with Crippen LogP contribution in [0.2, 0.25) is 0 Å². The average molecular weight is 455 g/mol. The number of thiophene rings is 1. The third-order valence-corrected chi connectivity index (χ3v) is 8.56. The van der Waals surface area contributed by atoms with E-state index in [2.05, 4.69) is 45.0 Å². The first-order valence-electron chi connectivity index (χ1n) is 12.3. The van der Waals surface area contributed by atoms with E-state index >= 15 is 0 Å². The van der Waals surface area contributed by atoms with E-state index in [4.69, 9.17) is 4.99 Å². The molecule has 0 aromatic carbocycles. The lowest BCUT2D eigenvalue weighted by Gasteiger charge is -2.34. The number of carbonyl (C=O) groups is 1. The van der Waals surface area contributed by atoms with Crippen LogP contribution in [0.15, 0.2) is 11.2 Å². The van der Waals surface area contributed by atoms with E-state index < -0.39 is 0 Å². The van der Waals surface area contributed by atoms with Crippen molar-refractivity contribution in [1.82, 2.24) is 15.1 Å². The molecule has 0 aliphatic heterocycles. The Bertz CT molecular complexity index is 988. The smallest absolute Gasteiger partial charge is 0.254 e. The van der Waals surface area contributed by atoms with Crippen molar-refractivity contribution in [3.05, 3.63) is 33.5 Å². The maximum absolute atomic E-state index is 13.5. The minimum Gasteiger partial charge on any atom is -0.349 e. The van der Waals surface area contributed by atoms with Gasteiger partial charge in [-0.3, -0.25) is 9.48 Å². The summed E-state index contributed by atoms with van der Waals surface area (Å²) in [5, 5.41) is 8.65. The molecule has 0 saturated heterocycles. The second kappa shape index (κ2) is 9.50. The Hall–Kier alpha value is -1.95. The average Bonchev–Trinajstić information content (AvgIpc) is 3.31. The molecule has 4 rings (SSSR count). The molecule has 174 valence electrons. The van der Waals surface area contributed by atoms with Crippen LogP contribution in [0.3, 0.4) is 0 Å². The lowest BCUT2D eigenvalue weighted by Crippen LogP contribution is -2.36. The van der Waals surface area contributed by atoms with Gasteiger partial charge in [0.2, 0.25) is 0 Å². The largest absolute Gasteiger partial charge is 0.349 e. The molecule has 1 amide bonds. The number of hydrogen-bond donors (Lipinski definition) is 1. The van der Waals surface area contributed by atoms with Gasteiger partial charge in [0.15, 0.2) is 0 Å². The number of carbonyl (C=O) groups excluding carboxylic acids is 1. The molecule has 2 heterocycles. The van der Waals surface area contributed by atoms with Crippen LogP contribution in [0.25, 0.3) is 0 Å². The third-order valence-electron chi connectivity index (χ3n) is 7.40. The topological polar surface area (TPSA) is 59.3 Å². The fraction of sp³-hybridized carbons (Fsp3) is 0.654. The molecule has 0 radical (unpaired) electrons. The van der Waals surface area contributed by atoms with Gasteiger partial charge >= 0.3 is 0 Å². The number of nitrogens with zero attached hydrogens (tertiary/aromatic N) is 3. The van der Waals surface area contributed by atoms with Crippen LogP contribution in [0.4, 0.5) is 5.00 Å². The molecule has 1 atom stereocenters. The first kappa shape index (κ1) is 23.2. The van der Waals surface area contributed by atoms with Crippen molar-refractivity contribution in [2.75, 3.05) is 0 Å². The molecule has 0 spiro atoms. The van der Waals surface area contributed by atoms with E-state index in [1.54, 1.807) is 11.3 Å². The standard InChI is InChI=1S/C26H38N4OS/c1-6-30-17(2)18(16-28-30)15-27-25-23(24(31)29-20-10-8-7-9-11-20)21-13-12-19(26(3,4)5)14-22(21)32-25/h15-16,19-20H,6-14H2,1-5H3,(H,29,31)/t19-/m1/s1. The molecule has 6 heteroatoms. The normalized spacial score (nSPS) is 20.0. The van der Waals surface area contributed by atoms with Crippen molar-refractivity contribution in [3.8, 4) is 0 Å². The Morgan fingerprint density at radius 1 is 1.28 bits per heavy atom. The Labute approximate surface area is 196 Å². The summed E-state index contributed by atoms with van der Waals surface area (Å²) in [7, 11) is 0. The van der Waals surface area contributed by atoms with Crippen molar-refractivity contribution < 1.29 is 4.79 Å². The summed E-state index contributed by atoms with van der Waals surface area (Å²) in [6.45, 7) is 12.0. The second-order valence-electron chi connectivity index (χ2n) is 10.6. The van der Waals surface area contributed by atoms with Gasteiger partial charge in [-0.1, -0.05) is 40.0 Å². The summed E-state index contributed by atoms with van der Waals surface area (Å²) in [6, 6.07) is 0.305. The number of aromatic nitrogens is 2. The van der Waals surface area contributed by atoms with Gasteiger partial charge in [-0.2, -0.15) is 5.10 Å². The maximum atomic E-state index is 13.5. The number of fused-ring (bicyclic) bond motifs is 1. The van der Waals surface area contributed by atoms with Crippen molar-refractivity contribution in [3.63, 3.8) is 0 Å². The highest BCUT2D eigenvalue weighted by atomic mass is 32.1. The lowest BCUT2D eigenvalue weighted by molar-refractivity contribution is 0.0927. The summed E-state index contributed by atoms with van der Waals surface area (Å²) in [5.41, 5.74) is 4.49. The van der Waals surface area contributed by atoms with E-state index in [1.807, 2.05) is 17.1 Å². The van der Waals surface area contributed by atoms with E-state index in [0.29, 0.717) is 12.0 Å². The van der Waals surface area contributed by atoms with E-state index in [0.717, 1.165) is 60.5 Å². The highest BCUT2D eigenvalue weighted by Gasteiger charge is 2.34. The number of amides is 1. The molecular formula is C26H38N4OS. The summed E-state index contributed by atoms with van der Waals surface area (Å²) in [5.74, 6) is 0.724. The highest BCUT2D eigenvalue weighted by molar-refractivity contribution is 7.16. The zero-order valence-electron chi connectivity index (χ0n) is 20.3. The Morgan fingerprint density at radius 3 is 2.69 bits per heavy atom. The van der Waals surface area contributed by atoms with Gasteiger partial charge in [-0.05, 0) is 62.8 Å². The van der Waals surface area contributed by atoms with Gasteiger partial charge in [-0.25, -0.2) is 4.99 Å². The van der Waals surface area contributed by atoms with Crippen LogP contribution in [-0.2, 0) is 19.4 Å². The van der Waals surface area contributed by atoms with Crippen LogP contribution < -0.4 is 5.32 Å². The fourth-order valence-corrected chi connectivity index (χ4v) is 6.44. The van der Waals surface area contributed by atoms with Crippen molar-refractivity contribution >= 4 is 28.5 Å². The molecule has 1 saturated carbocycles. The van der Waals surface area contributed by atoms with Gasteiger partial charge in [0, 0.05) is 34.9 Å². The van der Waals surface area contributed by atoms with Crippen LogP contribution >= 0.6 is 11.3 Å². The number of hydrogen-bond acceptors (Lipinski definition) is 4. The summed E-state index contributed by atoms with van der Waals surface area (Å²) >= 11 is 1.72. The van der Waals surface area contributed by atoms with Crippen LogP contribution in [0, 0.1) is 18.3 Å². The molecule has 5 nitrogen and oxygen atoms in total. The molecule has 0 unspecified atom stereocenters. The van der Waals surface area contributed by atoms with Crippen molar-refractivity contribution in [2.45, 2.75) is 98.6 Å². The lowest BCUT2D eigenvalue weighted by atomic mass is 9.72. The van der Waals surface area contributed by atoms with Crippen LogP contribution in [0.5, 0.6) is 0 Å². The number of aliphatic imine (C=N–C) groups is 1. The van der Waals surface area contributed by atoms with Gasteiger partial charge in [-0.15, -0.1) is 11.3 Å². The Morgan fingerprint density at radius 2 is 2.03 bits per heavy atom. The molecule has 0 bridgehead atoms. The monoisotopic (exact) mass is 454 g/mol. The quantitative estimate of drug-likeness (QED) is 0.544. The SMILES string of the molecule is CCn1ncc(C=Nc2sc3c(c2C(=O)NC2CCCCC2)CC[C@@H](C(C)(C)C)C3)c1C. The van der Waals surface area contributed by atoms with E-state index in [9.17, 15) is 4.79 Å². The van der Waals surface area contributed by atoms with Crippen molar-refractivity contribution in [2.24, 2.45) is 16.3 Å². The maximum Gasteiger partial charge on any atom is 0.254 e. The van der Waals surface area contributed by atoms with Gasteiger partial charge in [0.25, 0.3) is 5.91 Å². The molecular weight excluding hydrogens is 416 g/mol. The molecule has 2 aromatic heterocycles. The summed E-state index contributed by atoms with van der Waals surface area (Å²) < 4.78 is 1.98. The zero-order valence-corrected chi connectivity index (χ0v) is 21.1. The molecule has 32 heavy (non-hydrogen) atoms. The predicted molar refractivity (Wildman–Crippen MR) is 134 cm³/mol. The van der Waals surface area contributed by atoms with Crippen LogP contribution in [-0.4, -0.2) is 27.9 Å². The predicted octanol–water partition coefficient (Wildman–Crippen LogP) is 6.24. The third kappa shape index (κ3) is 4.85. The highest BCUT2D eigenvalue weighted by Crippen LogP contribution is 2.45. The molecule has 2 aliphatic carbocycles. The fourth-order valence-electron chi connectivity index (χ4n) is 5.17. The van der Waals surface area contributed by atoms with Crippen molar-refractivity contribution in [1.29, 1.82) is 0 Å². The number of nitrogens with one attached hydrogen (secondary N) is 1. The first-order chi connectivity index (χ1) is 15.3. The summed E-state index contributed by atoms with van der Waals surface area (Å²) in [4.78, 5) is 19.7. The van der Waals surface area contributed by atoms with E-state index in [1.165, 1.54) is 29.7 Å². The second-order valence-corrected chi connectivity index (χ2v) is 11.6.